The van der Waals surface area contributed by atoms with E-state index >= 15 is 0 Å². The van der Waals surface area contributed by atoms with Crippen LogP contribution in [0.2, 0.25) is 0 Å². The molecule has 3 rings (SSSR count). The second-order valence-corrected chi connectivity index (χ2v) is 17.8. The van der Waals surface area contributed by atoms with Crippen LogP contribution in [0.15, 0.2) is 85.1 Å². The largest absolute Gasteiger partial charge is 0.481 e. The summed E-state index contributed by atoms with van der Waals surface area (Å²) in [6.45, 7) is 9.03. The Labute approximate surface area is 377 Å². The molecule has 2 saturated heterocycles. The number of aliphatic carboxylic acids is 1. The van der Waals surface area contributed by atoms with Crippen LogP contribution in [-0.4, -0.2) is 148 Å². The molecule has 362 valence electrons. The van der Waals surface area contributed by atoms with Crippen LogP contribution in [0.25, 0.3) is 0 Å². The van der Waals surface area contributed by atoms with Crippen molar-refractivity contribution in [3.63, 3.8) is 0 Å². The number of carbonyl (C=O) groups is 2. The Kier molecular flexibility index (Phi) is 23.5. The fourth-order valence-electron chi connectivity index (χ4n) is 8.03. The number of cyclic esters (lactones) is 1. The number of aliphatic hydroxyl groups is 9. The van der Waals surface area contributed by atoms with E-state index in [0.717, 1.165) is 0 Å². The Bertz CT molecular complexity index is 1620. The molecule has 64 heavy (non-hydrogen) atoms. The molecule has 2 fully saturated rings. The van der Waals surface area contributed by atoms with E-state index in [0.29, 0.717) is 6.42 Å². The number of carboxylic acids is 1. The number of allylic oxidation sites excluding steroid dienone is 12. The quantitative estimate of drug-likeness (QED) is 0.182. The lowest BCUT2D eigenvalue weighted by Gasteiger charge is -2.45. The highest BCUT2D eigenvalue weighted by Crippen LogP contribution is 2.38. The van der Waals surface area contributed by atoms with Gasteiger partial charge >= 0.3 is 11.9 Å². The van der Waals surface area contributed by atoms with Gasteiger partial charge in [-0.1, -0.05) is 106 Å². The summed E-state index contributed by atoms with van der Waals surface area (Å²) in [5.41, 5.74) is 0. The van der Waals surface area contributed by atoms with Crippen molar-refractivity contribution in [3.8, 4) is 0 Å². The molecule has 0 aromatic carbocycles. The molecule has 0 aromatic rings. The minimum absolute atomic E-state index is 0.0430. The van der Waals surface area contributed by atoms with Crippen LogP contribution >= 0.6 is 0 Å². The van der Waals surface area contributed by atoms with Crippen molar-refractivity contribution >= 4 is 11.9 Å². The van der Waals surface area contributed by atoms with Gasteiger partial charge in [0.05, 0.1) is 67.5 Å². The van der Waals surface area contributed by atoms with E-state index in [2.05, 4.69) is 0 Å². The van der Waals surface area contributed by atoms with Gasteiger partial charge in [-0.2, -0.15) is 0 Å². The van der Waals surface area contributed by atoms with Crippen LogP contribution in [-0.2, 0) is 28.5 Å². The maximum Gasteiger partial charge on any atom is 0.311 e. The second-order valence-electron chi connectivity index (χ2n) is 17.8. The Morgan fingerprint density at radius 1 is 0.641 bits per heavy atom. The third-order valence-electron chi connectivity index (χ3n) is 12.2. The first kappa shape index (κ1) is 55.0. The summed E-state index contributed by atoms with van der Waals surface area (Å²) in [7, 11) is 0. The van der Waals surface area contributed by atoms with Gasteiger partial charge in [0.15, 0.2) is 12.1 Å². The molecular formula is C48H74O16. The van der Waals surface area contributed by atoms with Crippen molar-refractivity contribution in [2.45, 2.75) is 178 Å². The van der Waals surface area contributed by atoms with E-state index in [9.17, 15) is 60.7 Å². The average molecular weight is 907 g/mol. The van der Waals surface area contributed by atoms with Crippen molar-refractivity contribution < 1.29 is 79.6 Å². The normalized spacial score (nSPS) is 44.8. The summed E-state index contributed by atoms with van der Waals surface area (Å²) in [5, 5.41) is 108. The van der Waals surface area contributed by atoms with E-state index in [4.69, 9.17) is 18.9 Å². The van der Waals surface area contributed by atoms with Crippen LogP contribution < -0.4 is 0 Å². The van der Waals surface area contributed by atoms with Crippen LogP contribution in [0.4, 0.5) is 0 Å². The molecule has 0 saturated carbocycles. The molecule has 3 heterocycles. The van der Waals surface area contributed by atoms with Gasteiger partial charge in [0, 0.05) is 37.5 Å². The highest BCUT2D eigenvalue weighted by Gasteiger charge is 2.50. The number of aliphatic hydroxyl groups excluding tert-OH is 8. The molecule has 3 aliphatic rings. The van der Waals surface area contributed by atoms with Crippen molar-refractivity contribution in [2.75, 3.05) is 0 Å². The third-order valence-corrected chi connectivity index (χ3v) is 12.2. The number of hydrogen-bond acceptors (Lipinski definition) is 15. The van der Waals surface area contributed by atoms with Crippen molar-refractivity contribution in [3.05, 3.63) is 85.1 Å². The molecule has 16 heteroatoms. The first-order chi connectivity index (χ1) is 30.2. The predicted octanol–water partition coefficient (Wildman–Crippen LogP) is 3.05. The topological polar surface area (TPSA) is 273 Å². The Morgan fingerprint density at radius 3 is 1.81 bits per heavy atom. The summed E-state index contributed by atoms with van der Waals surface area (Å²) in [6, 6.07) is 0. The zero-order valence-electron chi connectivity index (χ0n) is 37.7. The summed E-state index contributed by atoms with van der Waals surface area (Å²) >= 11 is 0. The lowest BCUT2D eigenvalue weighted by molar-refractivity contribution is -0.306. The zero-order chi connectivity index (χ0) is 47.6. The first-order valence-corrected chi connectivity index (χ1v) is 22.5. The number of ether oxygens (including phenoxy) is 4. The molecule has 0 spiro atoms. The van der Waals surface area contributed by atoms with Gasteiger partial charge in [-0.3, -0.25) is 9.59 Å². The van der Waals surface area contributed by atoms with Crippen molar-refractivity contribution in [1.29, 1.82) is 0 Å². The Balaban J connectivity index is 1.84. The molecule has 10 N–H and O–H groups in total. The molecule has 5 unspecified atom stereocenters. The third kappa shape index (κ3) is 18.9. The molecule has 0 aliphatic carbocycles. The molecule has 0 aromatic heterocycles. The number of hydrogen-bond donors (Lipinski definition) is 10. The summed E-state index contributed by atoms with van der Waals surface area (Å²) in [6.07, 6.45) is 7.76. The van der Waals surface area contributed by atoms with E-state index in [1.54, 1.807) is 56.4 Å². The highest BCUT2D eigenvalue weighted by atomic mass is 16.7. The maximum absolute atomic E-state index is 12.6. The molecule has 16 nitrogen and oxygen atoms in total. The van der Waals surface area contributed by atoms with Crippen molar-refractivity contribution in [2.24, 2.45) is 23.7 Å². The molecule has 18 atom stereocenters. The first-order valence-electron chi connectivity index (χ1n) is 22.5. The van der Waals surface area contributed by atoms with Gasteiger partial charge in [0.25, 0.3) is 0 Å². The average Bonchev–Trinajstić information content (AvgIpc) is 3.19. The van der Waals surface area contributed by atoms with Crippen LogP contribution in [0.3, 0.4) is 0 Å². The fourth-order valence-corrected chi connectivity index (χ4v) is 8.03. The molecule has 0 amide bonds. The van der Waals surface area contributed by atoms with Gasteiger partial charge in [-0.05, 0) is 45.4 Å². The minimum Gasteiger partial charge on any atom is -0.481 e. The summed E-state index contributed by atoms with van der Waals surface area (Å²) in [5.74, 6) is -6.56. The number of fused-ring (bicyclic) bond motifs is 2. The van der Waals surface area contributed by atoms with Crippen LogP contribution in [0.1, 0.15) is 92.4 Å². The van der Waals surface area contributed by atoms with Gasteiger partial charge in [0.1, 0.15) is 18.1 Å². The van der Waals surface area contributed by atoms with Gasteiger partial charge in [0.2, 0.25) is 0 Å². The monoisotopic (exact) mass is 906 g/mol. The minimum atomic E-state index is -2.27. The lowest BCUT2D eigenvalue weighted by atomic mass is 9.82. The second kappa shape index (κ2) is 27.3. The van der Waals surface area contributed by atoms with Crippen LogP contribution in [0.5, 0.6) is 0 Å². The van der Waals surface area contributed by atoms with Gasteiger partial charge < -0.3 is 70.0 Å². The lowest BCUT2D eigenvalue weighted by Crippen LogP contribution is -2.56. The summed E-state index contributed by atoms with van der Waals surface area (Å²) in [4.78, 5) is 25.1. The van der Waals surface area contributed by atoms with E-state index < -0.39 is 129 Å². The Morgan fingerprint density at radius 2 is 1.22 bits per heavy atom. The van der Waals surface area contributed by atoms with E-state index in [1.807, 2.05) is 63.3 Å². The molecule has 2 bridgehead atoms. The summed E-state index contributed by atoms with van der Waals surface area (Å²) < 4.78 is 23.6. The SMILES string of the molecule is CC1CC(O)C(O[C@H]2/C=C/C=C/C=C/C=C/C=C/C=C/C=C/[C@H](C)[C@@H](O)[C@@H](C)[C@H](C)OC(=O)C[C@H](O)C[C@H](O)CC[C@@H](O)[C@H](O)C[C@H](O)C[C@]3(O)C[C@H](O)[C@@H](C(=O)O)C(C2)O3)OC1C. The van der Waals surface area contributed by atoms with Crippen molar-refractivity contribution in [1.82, 2.24) is 0 Å². The molecule has 0 radical (unpaired) electrons. The number of esters is 1. The zero-order valence-corrected chi connectivity index (χ0v) is 37.7. The highest BCUT2D eigenvalue weighted by molar-refractivity contribution is 5.71. The number of carboxylic acid groups (broad SMARTS) is 1. The fraction of sp³-hybridized carbons (Fsp3) is 0.667. The number of carbonyl (C=O) groups excluding carboxylic acids is 1. The molecule has 3 aliphatic heterocycles. The van der Waals surface area contributed by atoms with Gasteiger partial charge in [-0.25, -0.2) is 0 Å². The predicted molar refractivity (Wildman–Crippen MR) is 237 cm³/mol. The Hall–Kier alpha value is -3.36. The number of rotatable bonds is 3. The smallest absolute Gasteiger partial charge is 0.311 e. The van der Waals surface area contributed by atoms with Crippen LogP contribution in [0, 0.1) is 23.7 Å². The maximum atomic E-state index is 12.6. The van der Waals surface area contributed by atoms with E-state index in [-0.39, 0.29) is 43.6 Å². The standard InChI is InChI=1S/C48H74O16/c1-29-18-16-14-12-10-8-6-7-9-11-13-15-17-19-37(63-47-40(54)22-30(2)32(4)62-47)26-42-44(46(58)59)41(55)28-48(60,64-42)27-36(51)24-39(53)38(52)21-20-34(49)23-35(50)25-43(56)61-33(5)31(3)45(29)57/h6-19,29-42,44-45,47,49-55,57,60H,20-28H2,1-5H3,(H,58,59)/b7-6+,10-8+,11-9+,14-12+,15-13+,18-16+,19-17+/t29-,30?,31-,32?,33-,34+,35+,36-,37-,38+,39+,40?,41-,42?,44+,45+,47?,48+/m0/s1. The van der Waals surface area contributed by atoms with E-state index in [1.165, 1.54) is 0 Å². The van der Waals surface area contributed by atoms with Gasteiger partial charge in [-0.15, -0.1) is 0 Å². The molecular weight excluding hydrogens is 833 g/mol.